The molecule has 1 aliphatic heterocycles. The molecular formula is C14H16N2O2. The van der Waals surface area contributed by atoms with Crippen LogP contribution in [0.2, 0.25) is 0 Å². The summed E-state index contributed by atoms with van der Waals surface area (Å²) in [5.74, 6) is 1.58. The molecule has 0 fully saturated rings. The number of hydrogen-bond acceptors (Lipinski definition) is 3. The lowest BCUT2D eigenvalue weighted by atomic mass is 9.97. The summed E-state index contributed by atoms with van der Waals surface area (Å²) in [6, 6.07) is 7.11. The van der Waals surface area contributed by atoms with Gasteiger partial charge in [-0.1, -0.05) is 0 Å². The molecule has 1 aliphatic rings. The molecule has 0 amide bonds. The Hall–Kier alpha value is -1.81. The van der Waals surface area contributed by atoms with E-state index in [1.54, 1.807) is 12.1 Å². The Morgan fingerprint density at radius 1 is 1.28 bits per heavy atom. The van der Waals surface area contributed by atoms with Crippen LogP contribution in [-0.4, -0.2) is 26.4 Å². The second-order valence-electron chi connectivity index (χ2n) is 4.81. The highest BCUT2D eigenvalue weighted by Crippen LogP contribution is 2.27. The first kappa shape index (κ1) is 11.3. The van der Waals surface area contributed by atoms with E-state index in [0.29, 0.717) is 5.92 Å². The average Bonchev–Trinajstić information content (AvgIpc) is 2.82. The van der Waals surface area contributed by atoms with Gasteiger partial charge >= 0.3 is 0 Å². The molecule has 0 radical (unpaired) electrons. The number of nitrogens with zero attached hydrogens (tertiary/aromatic N) is 2. The molecule has 0 aliphatic carbocycles. The minimum absolute atomic E-state index is 0.250. The third-order valence-electron chi connectivity index (χ3n) is 3.58. The van der Waals surface area contributed by atoms with E-state index >= 15 is 0 Å². The minimum atomic E-state index is 0.250. The smallest absolute Gasteiger partial charge is 0.140 e. The molecule has 0 spiro atoms. The van der Waals surface area contributed by atoms with Crippen molar-refractivity contribution in [3.8, 4) is 17.1 Å². The fraction of sp³-hybridized carbons (Fsp3) is 0.357. The van der Waals surface area contributed by atoms with Crippen molar-refractivity contribution in [3.05, 3.63) is 36.2 Å². The summed E-state index contributed by atoms with van der Waals surface area (Å²) in [7, 11) is 0. The molecule has 94 valence electrons. The van der Waals surface area contributed by atoms with E-state index in [4.69, 9.17) is 0 Å². The summed E-state index contributed by atoms with van der Waals surface area (Å²) in [4.78, 5) is 4.47. The quantitative estimate of drug-likeness (QED) is 0.847. The molecule has 2 heterocycles. The van der Waals surface area contributed by atoms with Crippen molar-refractivity contribution in [1.29, 1.82) is 0 Å². The predicted octanol–water partition coefficient (Wildman–Crippen LogP) is 1.81. The molecule has 2 aromatic rings. The van der Waals surface area contributed by atoms with Crippen molar-refractivity contribution in [3.63, 3.8) is 0 Å². The SMILES string of the molecule is OCC1CCn2c(cnc2-c2ccc(O)cc2)C1. The van der Waals surface area contributed by atoms with Crippen molar-refractivity contribution in [1.82, 2.24) is 9.55 Å². The number of aromatic hydroxyl groups is 1. The minimum Gasteiger partial charge on any atom is -0.508 e. The third-order valence-corrected chi connectivity index (χ3v) is 3.58. The lowest BCUT2D eigenvalue weighted by molar-refractivity contribution is 0.201. The highest BCUT2D eigenvalue weighted by atomic mass is 16.3. The molecule has 1 aromatic carbocycles. The Morgan fingerprint density at radius 3 is 2.78 bits per heavy atom. The van der Waals surface area contributed by atoms with Crippen LogP contribution in [-0.2, 0) is 13.0 Å². The fourth-order valence-corrected chi connectivity index (χ4v) is 2.53. The number of aliphatic hydroxyl groups excluding tert-OH is 1. The standard InChI is InChI=1S/C14H16N2O2/c17-9-10-5-6-16-12(7-10)8-15-14(16)11-1-3-13(18)4-2-11/h1-4,8,10,17-18H,5-7,9H2. The normalized spacial score (nSPS) is 18.6. The van der Waals surface area contributed by atoms with Gasteiger partial charge in [0.2, 0.25) is 0 Å². The van der Waals surface area contributed by atoms with Crippen molar-refractivity contribution >= 4 is 0 Å². The Kier molecular flexibility index (Phi) is 2.80. The summed E-state index contributed by atoms with van der Waals surface area (Å²) in [6.07, 6.45) is 3.77. The van der Waals surface area contributed by atoms with Crippen LogP contribution in [0.1, 0.15) is 12.1 Å². The Bertz CT molecular complexity index is 545. The van der Waals surface area contributed by atoms with Crippen molar-refractivity contribution < 1.29 is 10.2 Å². The molecule has 3 rings (SSSR count). The molecule has 18 heavy (non-hydrogen) atoms. The van der Waals surface area contributed by atoms with E-state index in [1.807, 2.05) is 18.3 Å². The summed E-state index contributed by atoms with van der Waals surface area (Å²) in [5.41, 5.74) is 2.20. The van der Waals surface area contributed by atoms with Gasteiger partial charge in [0.25, 0.3) is 0 Å². The number of aromatic nitrogens is 2. The number of aliphatic hydroxyl groups is 1. The van der Waals surface area contributed by atoms with Gasteiger partial charge in [0.15, 0.2) is 0 Å². The van der Waals surface area contributed by atoms with Crippen LogP contribution in [0.3, 0.4) is 0 Å². The highest BCUT2D eigenvalue weighted by molar-refractivity contribution is 5.57. The molecular weight excluding hydrogens is 228 g/mol. The summed E-state index contributed by atoms with van der Waals surface area (Å²) >= 11 is 0. The average molecular weight is 244 g/mol. The molecule has 4 nitrogen and oxygen atoms in total. The number of rotatable bonds is 2. The zero-order chi connectivity index (χ0) is 12.5. The van der Waals surface area contributed by atoms with Crippen LogP contribution < -0.4 is 0 Å². The molecule has 4 heteroatoms. The first-order chi connectivity index (χ1) is 8.78. The predicted molar refractivity (Wildman–Crippen MR) is 68.2 cm³/mol. The van der Waals surface area contributed by atoms with Crippen molar-refractivity contribution in [2.24, 2.45) is 5.92 Å². The van der Waals surface area contributed by atoms with Crippen LogP contribution in [0.15, 0.2) is 30.5 Å². The maximum Gasteiger partial charge on any atom is 0.140 e. The molecule has 0 saturated heterocycles. The molecule has 0 bridgehead atoms. The van der Waals surface area contributed by atoms with E-state index < -0.39 is 0 Å². The fourth-order valence-electron chi connectivity index (χ4n) is 2.53. The maximum absolute atomic E-state index is 9.30. The van der Waals surface area contributed by atoms with Gasteiger partial charge in [-0.05, 0) is 43.0 Å². The first-order valence-electron chi connectivity index (χ1n) is 6.22. The monoisotopic (exact) mass is 244 g/mol. The van der Waals surface area contributed by atoms with Gasteiger partial charge in [0, 0.05) is 30.6 Å². The molecule has 2 N–H and O–H groups in total. The van der Waals surface area contributed by atoms with Gasteiger partial charge in [0.05, 0.1) is 0 Å². The number of imidazole rings is 1. The Morgan fingerprint density at radius 2 is 2.06 bits per heavy atom. The van der Waals surface area contributed by atoms with Gasteiger partial charge in [-0.25, -0.2) is 4.98 Å². The second-order valence-corrected chi connectivity index (χ2v) is 4.81. The van der Waals surface area contributed by atoms with Crippen LogP contribution in [0.4, 0.5) is 0 Å². The van der Waals surface area contributed by atoms with E-state index in [0.717, 1.165) is 30.8 Å². The number of fused-ring (bicyclic) bond motifs is 1. The van der Waals surface area contributed by atoms with Gasteiger partial charge in [-0.15, -0.1) is 0 Å². The van der Waals surface area contributed by atoms with E-state index in [-0.39, 0.29) is 12.4 Å². The lowest BCUT2D eigenvalue weighted by Gasteiger charge is -2.23. The zero-order valence-corrected chi connectivity index (χ0v) is 10.1. The van der Waals surface area contributed by atoms with E-state index in [1.165, 1.54) is 5.69 Å². The third kappa shape index (κ3) is 1.88. The number of phenols is 1. The largest absolute Gasteiger partial charge is 0.508 e. The number of benzene rings is 1. The highest BCUT2D eigenvalue weighted by Gasteiger charge is 2.21. The number of hydrogen-bond donors (Lipinski definition) is 2. The summed E-state index contributed by atoms with van der Waals surface area (Å²) in [6.45, 7) is 1.15. The maximum atomic E-state index is 9.30. The second kappa shape index (κ2) is 4.46. The zero-order valence-electron chi connectivity index (χ0n) is 10.1. The molecule has 1 aromatic heterocycles. The van der Waals surface area contributed by atoms with E-state index in [2.05, 4.69) is 9.55 Å². The molecule has 1 unspecified atom stereocenters. The summed E-state index contributed by atoms with van der Waals surface area (Å²) in [5, 5.41) is 18.5. The Balaban J connectivity index is 1.96. The summed E-state index contributed by atoms with van der Waals surface area (Å²) < 4.78 is 2.21. The van der Waals surface area contributed by atoms with Crippen LogP contribution in [0.5, 0.6) is 5.75 Å². The van der Waals surface area contributed by atoms with Crippen LogP contribution in [0, 0.1) is 5.92 Å². The van der Waals surface area contributed by atoms with Gasteiger partial charge < -0.3 is 14.8 Å². The topological polar surface area (TPSA) is 58.3 Å². The van der Waals surface area contributed by atoms with Crippen molar-refractivity contribution in [2.75, 3.05) is 6.61 Å². The lowest BCUT2D eigenvalue weighted by Crippen LogP contribution is -2.21. The molecule has 1 atom stereocenters. The van der Waals surface area contributed by atoms with Crippen LogP contribution >= 0.6 is 0 Å². The van der Waals surface area contributed by atoms with Crippen molar-refractivity contribution in [2.45, 2.75) is 19.4 Å². The van der Waals surface area contributed by atoms with Gasteiger partial charge in [-0.2, -0.15) is 0 Å². The van der Waals surface area contributed by atoms with Gasteiger partial charge in [0.1, 0.15) is 11.6 Å². The van der Waals surface area contributed by atoms with Gasteiger partial charge in [-0.3, -0.25) is 0 Å². The molecule has 0 saturated carbocycles. The van der Waals surface area contributed by atoms with E-state index in [9.17, 15) is 10.2 Å². The van der Waals surface area contributed by atoms with Crippen LogP contribution in [0.25, 0.3) is 11.4 Å². The first-order valence-corrected chi connectivity index (χ1v) is 6.22. The number of phenolic OH excluding ortho intramolecular Hbond substituents is 1. The Labute approximate surface area is 106 Å².